The zero-order chi connectivity index (χ0) is 14.8. The fraction of sp³-hybridized carbons (Fsp3) is 0.667. The van der Waals surface area contributed by atoms with E-state index in [1.54, 1.807) is 6.92 Å². The van der Waals surface area contributed by atoms with E-state index in [9.17, 15) is 13.2 Å². The van der Waals surface area contributed by atoms with Crippen molar-refractivity contribution in [2.45, 2.75) is 49.3 Å². The van der Waals surface area contributed by atoms with Gasteiger partial charge in [0.15, 0.2) is 9.90 Å². The maximum absolute atomic E-state index is 12.7. The molecule has 8 heteroatoms. The van der Waals surface area contributed by atoms with Crippen molar-refractivity contribution in [2.75, 3.05) is 6.54 Å². The van der Waals surface area contributed by atoms with Gasteiger partial charge in [-0.25, -0.2) is 18.2 Å². The van der Waals surface area contributed by atoms with E-state index in [2.05, 4.69) is 4.98 Å². The summed E-state index contributed by atoms with van der Waals surface area (Å²) in [6.07, 6.45) is 4.86. The quantitative estimate of drug-likeness (QED) is 0.899. The molecule has 0 atom stereocenters. The van der Waals surface area contributed by atoms with Gasteiger partial charge in [-0.2, -0.15) is 4.31 Å². The van der Waals surface area contributed by atoms with Crippen molar-refractivity contribution in [1.29, 1.82) is 0 Å². The van der Waals surface area contributed by atoms with Gasteiger partial charge >= 0.3 is 5.97 Å². The van der Waals surface area contributed by atoms with Crippen molar-refractivity contribution < 1.29 is 18.3 Å². The molecule has 0 aliphatic heterocycles. The summed E-state index contributed by atoms with van der Waals surface area (Å²) in [7, 11) is -3.77. The fourth-order valence-corrected chi connectivity index (χ4v) is 5.61. The number of rotatable bonds is 5. The molecule has 0 bridgehead atoms. The smallest absolute Gasteiger partial charge is 0.356 e. The predicted octanol–water partition coefficient (Wildman–Crippen LogP) is 2.18. The Balaban J connectivity index is 2.36. The number of carbonyl (C=O) groups is 1. The molecule has 1 aromatic heterocycles. The van der Waals surface area contributed by atoms with Crippen LogP contribution in [0.1, 0.15) is 49.5 Å². The average Bonchev–Trinajstić information content (AvgIpc) is 2.90. The molecule has 1 N–H and O–H groups in total. The third kappa shape index (κ3) is 2.87. The molecule has 1 aliphatic rings. The molecular formula is C12H18N2O4S2. The first kappa shape index (κ1) is 15.4. The Morgan fingerprint density at radius 3 is 2.65 bits per heavy atom. The number of nitrogens with zero attached hydrogens (tertiary/aromatic N) is 2. The van der Waals surface area contributed by atoms with Crippen LogP contribution in [0.25, 0.3) is 0 Å². The summed E-state index contributed by atoms with van der Waals surface area (Å²) in [5, 5.41) is 9.04. The largest absolute Gasteiger partial charge is 0.476 e. The van der Waals surface area contributed by atoms with Gasteiger partial charge in [0.2, 0.25) is 0 Å². The van der Waals surface area contributed by atoms with Crippen LogP contribution in [-0.2, 0) is 10.0 Å². The number of carboxylic acid groups (broad SMARTS) is 1. The van der Waals surface area contributed by atoms with Gasteiger partial charge in [0, 0.05) is 12.6 Å². The monoisotopic (exact) mass is 318 g/mol. The number of thiazole rings is 1. The van der Waals surface area contributed by atoms with Crippen LogP contribution < -0.4 is 0 Å². The van der Waals surface area contributed by atoms with Crippen LogP contribution in [0.3, 0.4) is 0 Å². The molecule has 1 fully saturated rings. The Hall–Kier alpha value is -0.990. The number of hydrogen-bond acceptors (Lipinski definition) is 5. The lowest BCUT2D eigenvalue weighted by Gasteiger charge is -2.32. The molecule has 112 valence electrons. The predicted molar refractivity (Wildman–Crippen MR) is 75.5 cm³/mol. The van der Waals surface area contributed by atoms with Gasteiger partial charge in [-0.05, 0) is 12.8 Å². The maximum atomic E-state index is 12.7. The first-order chi connectivity index (χ1) is 9.48. The van der Waals surface area contributed by atoms with Gasteiger partial charge in [-0.1, -0.05) is 26.2 Å². The number of aromatic nitrogens is 1. The number of aromatic carboxylic acids is 1. The lowest BCUT2D eigenvalue weighted by Crippen LogP contribution is -2.41. The van der Waals surface area contributed by atoms with Crippen molar-refractivity contribution >= 4 is 27.3 Å². The molecular weight excluding hydrogens is 300 g/mol. The Labute approximate surface area is 122 Å². The highest BCUT2D eigenvalue weighted by molar-refractivity contribution is 7.91. The van der Waals surface area contributed by atoms with Gasteiger partial charge in [0.05, 0.1) is 5.51 Å². The van der Waals surface area contributed by atoms with Crippen molar-refractivity contribution in [3.63, 3.8) is 0 Å². The number of hydrogen-bond donors (Lipinski definition) is 1. The van der Waals surface area contributed by atoms with Crippen LogP contribution in [0, 0.1) is 0 Å². The molecule has 0 unspecified atom stereocenters. The Kier molecular flexibility index (Phi) is 4.77. The van der Waals surface area contributed by atoms with Crippen LogP contribution >= 0.6 is 11.3 Å². The second kappa shape index (κ2) is 6.19. The van der Waals surface area contributed by atoms with Crippen molar-refractivity contribution in [1.82, 2.24) is 9.29 Å². The summed E-state index contributed by atoms with van der Waals surface area (Å²) in [6, 6.07) is -0.0255. The minimum Gasteiger partial charge on any atom is -0.476 e. The van der Waals surface area contributed by atoms with Gasteiger partial charge in [0.1, 0.15) is 0 Å². The van der Waals surface area contributed by atoms with Crippen molar-refractivity contribution in [2.24, 2.45) is 0 Å². The first-order valence-corrected chi connectivity index (χ1v) is 8.99. The van der Waals surface area contributed by atoms with Crippen LogP contribution in [0.15, 0.2) is 9.72 Å². The van der Waals surface area contributed by atoms with E-state index in [0.29, 0.717) is 6.54 Å². The van der Waals surface area contributed by atoms with Gasteiger partial charge in [-0.3, -0.25) is 0 Å². The molecule has 1 heterocycles. The van der Waals surface area contributed by atoms with E-state index in [4.69, 9.17) is 5.11 Å². The zero-order valence-corrected chi connectivity index (χ0v) is 12.9. The number of carboxylic acids is 1. The third-order valence-corrected chi connectivity index (χ3v) is 6.95. The Morgan fingerprint density at radius 1 is 1.45 bits per heavy atom. The molecule has 1 aliphatic carbocycles. The van der Waals surface area contributed by atoms with Gasteiger partial charge < -0.3 is 5.11 Å². The second-order valence-electron chi connectivity index (χ2n) is 4.79. The average molecular weight is 318 g/mol. The van der Waals surface area contributed by atoms with Crippen LogP contribution in [0.4, 0.5) is 0 Å². The molecule has 0 aromatic carbocycles. The summed E-state index contributed by atoms with van der Waals surface area (Å²) in [5.74, 6) is -1.30. The standard InChI is InChI=1S/C12H18N2O4S2/c1-2-14(9-6-4-3-5-7-9)20(17,18)12-10(11(15)16)13-8-19-12/h8-9H,2-7H2,1H3,(H,15,16). The summed E-state index contributed by atoms with van der Waals surface area (Å²) in [5.41, 5.74) is 0.898. The zero-order valence-electron chi connectivity index (χ0n) is 11.3. The molecule has 0 radical (unpaired) electrons. The molecule has 6 nitrogen and oxygen atoms in total. The van der Waals surface area contributed by atoms with E-state index in [1.165, 1.54) is 9.82 Å². The molecule has 0 amide bonds. The molecule has 1 aromatic rings. The van der Waals surface area contributed by atoms with Gasteiger partial charge in [0.25, 0.3) is 10.0 Å². The summed E-state index contributed by atoms with van der Waals surface area (Å²) in [6.45, 7) is 2.14. The lowest BCUT2D eigenvalue weighted by molar-refractivity contribution is 0.0687. The van der Waals surface area contributed by atoms with E-state index < -0.39 is 16.0 Å². The third-order valence-electron chi connectivity index (χ3n) is 3.57. The van der Waals surface area contributed by atoms with E-state index in [0.717, 1.165) is 43.4 Å². The van der Waals surface area contributed by atoms with Crippen LogP contribution in [0.2, 0.25) is 0 Å². The topological polar surface area (TPSA) is 87.6 Å². The number of sulfonamides is 1. The van der Waals surface area contributed by atoms with E-state index >= 15 is 0 Å². The summed E-state index contributed by atoms with van der Waals surface area (Å²) >= 11 is 0.871. The van der Waals surface area contributed by atoms with Crippen molar-refractivity contribution in [3.8, 4) is 0 Å². The normalized spacial score (nSPS) is 17.5. The van der Waals surface area contributed by atoms with Crippen molar-refractivity contribution in [3.05, 3.63) is 11.2 Å². The minimum absolute atomic E-state index is 0.0255. The maximum Gasteiger partial charge on any atom is 0.356 e. The summed E-state index contributed by atoms with van der Waals surface area (Å²) < 4.78 is 26.6. The molecule has 2 rings (SSSR count). The van der Waals surface area contributed by atoms with E-state index in [-0.39, 0.29) is 15.9 Å². The highest BCUT2D eigenvalue weighted by Gasteiger charge is 2.35. The Bertz CT molecular complexity index is 576. The second-order valence-corrected chi connectivity index (χ2v) is 7.73. The highest BCUT2D eigenvalue weighted by Crippen LogP contribution is 2.30. The Morgan fingerprint density at radius 2 is 2.10 bits per heavy atom. The fourth-order valence-electron chi connectivity index (χ4n) is 2.66. The van der Waals surface area contributed by atoms with E-state index in [1.807, 2.05) is 0 Å². The van der Waals surface area contributed by atoms with Gasteiger partial charge in [-0.15, -0.1) is 11.3 Å². The minimum atomic E-state index is -3.77. The highest BCUT2D eigenvalue weighted by atomic mass is 32.2. The molecule has 0 spiro atoms. The van der Waals surface area contributed by atoms with Crippen LogP contribution in [0.5, 0.6) is 0 Å². The molecule has 20 heavy (non-hydrogen) atoms. The first-order valence-electron chi connectivity index (χ1n) is 6.67. The molecule has 0 saturated heterocycles. The SMILES string of the molecule is CCN(C1CCCCC1)S(=O)(=O)c1scnc1C(=O)O. The molecule has 1 saturated carbocycles. The lowest BCUT2D eigenvalue weighted by atomic mass is 9.95. The summed E-state index contributed by atoms with van der Waals surface area (Å²) in [4.78, 5) is 14.7. The van der Waals surface area contributed by atoms with Crippen LogP contribution in [-0.4, -0.2) is 41.4 Å².